The van der Waals surface area contributed by atoms with Gasteiger partial charge in [-0.25, -0.2) is 8.78 Å². The van der Waals surface area contributed by atoms with Gasteiger partial charge < -0.3 is 11.1 Å². The lowest BCUT2D eigenvalue weighted by Crippen LogP contribution is -2.33. The highest BCUT2D eigenvalue weighted by Gasteiger charge is 2.26. The largest absolute Gasteiger partial charge is 0.352 e. The lowest BCUT2D eigenvalue weighted by molar-refractivity contribution is 0.0940. The molecule has 0 aromatic heterocycles. The molecule has 0 heterocycles. The number of benzene rings is 1. The van der Waals surface area contributed by atoms with Gasteiger partial charge in [0.25, 0.3) is 5.91 Å². The Balaban J connectivity index is 2.00. The molecule has 1 amide bonds. The molecule has 0 saturated heterocycles. The molecule has 2 atom stereocenters. The van der Waals surface area contributed by atoms with Crippen molar-refractivity contribution >= 4 is 5.91 Å². The number of carbonyl (C=O) groups is 1. The number of nitrogens with one attached hydrogen (secondary N) is 1. The fourth-order valence-electron chi connectivity index (χ4n) is 2.84. The van der Waals surface area contributed by atoms with Crippen LogP contribution in [-0.4, -0.2) is 19.0 Å². The standard InChI is InChI=1S/C15H20F2N2O/c1-9-5-12(14(17)6-13(9)16)15(20)19-8-11-4-2-3-10(11)7-18/h5-6,10-11H,2-4,7-8,18H2,1H3,(H,19,20). The maximum absolute atomic E-state index is 13.6. The van der Waals surface area contributed by atoms with Crippen LogP contribution in [0.4, 0.5) is 8.78 Å². The molecule has 0 spiro atoms. The number of rotatable bonds is 4. The summed E-state index contributed by atoms with van der Waals surface area (Å²) in [7, 11) is 0. The van der Waals surface area contributed by atoms with Gasteiger partial charge in [0, 0.05) is 12.6 Å². The molecule has 3 nitrogen and oxygen atoms in total. The average Bonchev–Trinajstić information content (AvgIpc) is 2.87. The van der Waals surface area contributed by atoms with Gasteiger partial charge in [0.15, 0.2) is 0 Å². The Morgan fingerprint density at radius 2 is 2.00 bits per heavy atom. The summed E-state index contributed by atoms with van der Waals surface area (Å²) in [6.45, 7) is 2.62. The van der Waals surface area contributed by atoms with Crippen molar-refractivity contribution < 1.29 is 13.6 Å². The predicted molar refractivity (Wildman–Crippen MR) is 73.3 cm³/mol. The Hall–Kier alpha value is -1.49. The molecule has 110 valence electrons. The van der Waals surface area contributed by atoms with Crippen LogP contribution in [0.1, 0.15) is 35.2 Å². The Morgan fingerprint density at radius 1 is 1.30 bits per heavy atom. The zero-order valence-corrected chi connectivity index (χ0v) is 11.6. The number of hydrogen-bond acceptors (Lipinski definition) is 2. The van der Waals surface area contributed by atoms with Crippen LogP contribution < -0.4 is 11.1 Å². The van der Waals surface area contributed by atoms with Crippen molar-refractivity contribution in [2.75, 3.05) is 13.1 Å². The van der Waals surface area contributed by atoms with Gasteiger partial charge in [-0.3, -0.25) is 4.79 Å². The molecule has 1 fully saturated rings. The third-order valence-corrected chi connectivity index (χ3v) is 4.14. The highest BCUT2D eigenvalue weighted by atomic mass is 19.1. The highest BCUT2D eigenvalue weighted by Crippen LogP contribution is 2.30. The molecule has 3 N–H and O–H groups in total. The van der Waals surface area contributed by atoms with Crippen molar-refractivity contribution in [3.8, 4) is 0 Å². The smallest absolute Gasteiger partial charge is 0.254 e. The van der Waals surface area contributed by atoms with E-state index in [0.29, 0.717) is 24.9 Å². The summed E-state index contributed by atoms with van der Waals surface area (Å²) >= 11 is 0. The van der Waals surface area contributed by atoms with E-state index in [2.05, 4.69) is 5.32 Å². The number of hydrogen-bond donors (Lipinski definition) is 2. The van der Waals surface area contributed by atoms with Gasteiger partial charge in [-0.05, 0) is 49.8 Å². The van der Waals surface area contributed by atoms with Crippen LogP contribution >= 0.6 is 0 Å². The first-order valence-electron chi connectivity index (χ1n) is 6.96. The van der Waals surface area contributed by atoms with E-state index in [-0.39, 0.29) is 11.1 Å². The second-order valence-electron chi connectivity index (χ2n) is 5.48. The number of carbonyl (C=O) groups excluding carboxylic acids is 1. The summed E-state index contributed by atoms with van der Waals surface area (Å²) in [6, 6.07) is 2.00. The zero-order valence-electron chi connectivity index (χ0n) is 11.6. The molecule has 2 rings (SSSR count). The maximum Gasteiger partial charge on any atom is 0.254 e. The van der Waals surface area contributed by atoms with E-state index in [1.54, 1.807) is 0 Å². The van der Waals surface area contributed by atoms with Gasteiger partial charge in [0.1, 0.15) is 11.6 Å². The quantitative estimate of drug-likeness (QED) is 0.891. The minimum Gasteiger partial charge on any atom is -0.352 e. The lowest BCUT2D eigenvalue weighted by Gasteiger charge is -2.18. The molecular formula is C15H20F2N2O. The minimum atomic E-state index is -0.826. The van der Waals surface area contributed by atoms with Crippen molar-refractivity contribution in [3.05, 3.63) is 34.9 Å². The number of halogens is 2. The van der Waals surface area contributed by atoms with Crippen LogP contribution in [0, 0.1) is 30.4 Å². The third-order valence-electron chi connectivity index (χ3n) is 4.14. The molecule has 1 saturated carbocycles. The van der Waals surface area contributed by atoms with Gasteiger partial charge in [0.05, 0.1) is 5.56 Å². The first-order chi connectivity index (χ1) is 9.52. The number of nitrogens with two attached hydrogens (primary N) is 1. The summed E-state index contributed by atoms with van der Waals surface area (Å²) in [5.74, 6) is -1.18. The Labute approximate surface area is 117 Å². The van der Waals surface area contributed by atoms with Gasteiger partial charge >= 0.3 is 0 Å². The Morgan fingerprint density at radius 3 is 2.70 bits per heavy atom. The van der Waals surface area contributed by atoms with E-state index >= 15 is 0 Å². The molecule has 1 aromatic rings. The fraction of sp³-hybridized carbons (Fsp3) is 0.533. The van der Waals surface area contributed by atoms with Crippen molar-refractivity contribution in [1.29, 1.82) is 0 Å². The lowest BCUT2D eigenvalue weighted by atomic mass is 9.96. The molecule has 0 bridgehead atoms. The molecular weight excluding hydrogens is 262 g/mol. The minimum absolute atomic E-state index is 0.105. The first kappa shape index (κ1) is 14.9. The van der Waals surface area contributed by atoms with E-state index in [9.17, 15) is 13.6 Å². The molecule has 2 unspecified atom stereocenters. The van der Waals surface area contributed by atoms with Crippen LogP contribution in [0.2, 0.25) is 0 Å². The molecule has 0 aliphatic heterocycles. The molecule has 20 heavy (non-hydrogen) atoms. The predicted octanol–water partition coefficient (Wildman–Crippen LogP) is 2.38. The molecule has 1 aromatic carbocycles. The van der Waals surface area contributed by atoms with Crippen LogP contribution in [0.5, 0.6) is 0 Å². The Bertz CT molecular complexity index is 505. The topological polar surface area (TPSA) is 55.1 Å². The van der Waals surface area contributed by atoms with E-state index in [4.69, 9.17) is 5.73 Å². The van der Waals surface area contributed by atoms with E-state index in [0.717, 1.165) is 25.3 Å². The average molecular weight is 282 g/mol. The molecule has 1 aliphatic rings. The van der Waals surface area contributed by atoms with Crippen LogP contribution in [0.25, 0.3) is 0 Å². The van der Waals surface area contributed by atoms with Crippen molar-refractivity contribution in [2.45, 2.75) is 26.2 Å². The van der Waals surface area contributed by atoms with Crippen molar-refractivity contribution in [3.63, 3.8) is 0 Å². The Kier molecular flexibility index (Phi) is 4.70. The summed E-state index contributed by atoms with van der Waals surface area (Å²) < 4.78 is 26.8. The van der Waals surface area contributed by atoms with Crippen molar-refractivity contribution in [1.82, 2.24) is 5.32 Å². The first-order valence-corrected chi connectivity index (χ1v) is 6.96. The van der Waals surface area contributed by atoms with Crippen LogP contribution in [0.15, 0.2) is 12.1 Å². The SMILES string of the molecule is Cc1cc(C(=O)NCC2CCCC2CN)c(F)cc1F. The van der Waals surface area contributed by atoms with Gasteiger partial charge in [-0.2, -0.15) is 0 Å². The molecule has 1 aliphatic carbocycles. The number of aryl methyl sites for hydroxylation is 1. The third kappa shape index (κ3) is 3.15. The van der Waals surface area contributed by atoms with Crippen molar-refractivity contribution in [2.24, 2.45) is 17.6 Å². The van der Waals surface area contributed by atoms with Crippen LogP contribution in [-0.2, 0) is 0 Å². The highest BCUT2D eigenvalue weighted by molar-refractivity contribution is 5.94. The van der Waals surface area contributed by atoms with Gasteiger partial charge in [-0.1, -0.05) is 6.42 Å². The summed E-state index contributed by atoms with van der Waals surface area (Å²) in [5, 5.41) is 2.74. The second kappa shape index (κ2) is 6.31. The second-order valence-corrected chi connectivity index (χ2v) is 5.48. The number of amides is 1. The van der Waals surface area contributed by atoms with E-state index in [1.165, 1.54) is 13.0 Å². The monoisotopic (exact) mass is 282 g/mol. The molecule has 5 heteroatoms. The van der Waals surface area contributed by atoms with Gasteiger partial charge in [-0.15, -0.1) is 0 Å². The summed E-state index contributed by atoms with van der Waals surface area (Å²) in [5.41, 5.74) is 5.84. The van der Waals surface area contributed by atoms with Gasteiger partial charge in [0.2, 0.25) is 0 Å². The molecule has 0 radical (unpaired) electrons. The summed E-state index contributed by atoms with van der Waals surface area (Å²) in [4.78, 5) is 12.0. The zero-order chi connectivity index (χ0) is 14.7. The maximum atomic E-state index is 13.6. The van der Waals surface area contributed by atoms with E-state index < -0.39 is 17.5 Å². The van der Waals surface area contributed by atoms with Crippen LogP contribution in [0.3, 0.4) is 0 Å². The van der Waals surface area contributed by atoms with E-state index in [1.807, 2.05) is 0 Å². The summed E-state index contributed by atoms with van der Waals surface area (Å²) in [6.07, 6.45) is 3.24. The normalized spacial score (nSPS) is 22.0. The fourth-order valence-corrected chi connectivity index (χ4v) is 2.84.